The van der Waals surface area contributed by atoms with E-state index < -0.39 is 0 Å². The first kappa shape index (κ1) is 15.4. The number of nitrogens with zero attached hydrogens (tertiary/aromatic N) is 1. The van der Waals surface area contributed by atoms with Crippen LogP contribution in [0.1, 0.15) is 89.9 Å². The molecule has 0 unspecified atom stereocenters. The van der Waals surface area contributed by atoms with Crippen molar-refractivity contribution >= 4 is 0 Å². The number of hydrogen-bond donors (Lipinski definition) is 3. The Labute approximate surface area is 135 Å². The van der Waals surface area contributed by atoms with Gasteiger partial charge in [0.2, 0.25) is 0 Å². The van der Waals surface area contributed by atoms with Gasteiger partial charge < -0.3 is 0 Å². The summed E-state index contributed by atoms with van der Waals surface area (Å²) in [6.45, 7) is 0. The quantitative estimate of drug-likeness (QED) is 0.499. The van der Waals surface area contributed by atoms with E-state index in [9.17, 15) is 0 Å². The van der Waals surface area contributed by atoms with E-state index in [1.165, 1.54) is 89.9 Å². The van der Waals surface area contributed by atoms with Gasteiger partial charge in [-0.3, -0.25) is 5.32 Å². The molecule has 0 aromatic rings. The van der Waals surface area contributed by atoms with Gasteiger partial charge in [-0.1, -0.05) is 38.5 Å². The van der Waals surface area contributed by atoms with Crippen LogP contribution in [0.5, 0.6) is 0 Å². The summed E-state index contributed by atoms with van der Waals surface area (Å²) < 4.78 is 0. The first-order valence-electron chi connectivity index (χ1n) is 9.94. The molecule has 0 heterocycles. The standard InChI is InChI=1S/C18H34N4/c1-4-13-18(14-5-1,19-15-11-12-15)22(21-17-9-6-10-17)20-16-7-2-3-8-16/h15-17,19-21H,1-14H2. The Bertz CT molecular complexity index is 352. The Balaban J connectivity index is 1.48. The van der Waals surface area contributed by atoms with Gasteiger partial charge >= 0.3 is 0 Å². The lowest BCUT2D eigenvalue weighted by atomic mass is 9.88. The minimum atomic E-state index is 0.164. The maximum Gasteiger partial charge on any atom is 0.100 e. The molecule has 22 heavy (non-hydrogen) atoms. The average molecular weight is 306 g/mol. The van der Waals surface area contributed by atoms with Gasteiger partial charge in [0.15, 0.2) is 0 Å². The summed E-state index contributed by atoms with van der Waals surface area (Å²) in [4.78, 5) is 0. The molecule has 4 aliphatic rings. The molecule has 4 aliphatic carbocycles. The van der Waals surface area contributed by atoms with E-state index in [1.807, 2.05) is 0 Å². The van der Waals surface area contributed by atoms with Crippen LogP contribution in [0.2, 0.25) is 0 Å². The summed E-state index contributed by atoms with van der Waals surface area (Å²) in [6, 6.07) is 2.16. The van der Waals surface area contributed by atoms with E-state index in [1.54, 1.807) is 0 Å². The van der Waals surface area contributed by atoms with Crippen molar-refractivity contribution in [2.24, 2.45) is 0 Å². The Hall–Kier alpha value is -0.160. The van der Waals surface area contributed by atoms with Crippen molar-refractivity contribution in [3.05, 3.63) is 0 Å². The Morgan fingerprint density at radius 2 is 1.18 bits per heavy atom. The van der Waals surface area contributed by atoms with Crippen LogP contribution in [-0.2, 0) is 0 Å². The molecule has 126 valence electrons. The van der Waals surface area contributed by atoms with Crippen LogP contribution in [-0.4, -0.2) is 28.9 Å². The first-order chi connectivity index (χ1) is 10.8. The highest BCUT2D eigenvalue weighted by Crippen LogP contribution is 2.35. The Kier molecular flexibility index (Phi) is 4.72. The van der Waals surface area contributed by atoms with Crippen molar-refractivity contribution in [3.63, 3.8) is 0 Å². The molecule has 0 spiro atoms. The third-order valence-corrected chi connectivity index (χ3v) is 6.24. The van der Waals surface area contributed by atoms with Gasteiger partial charge in [0, 0.05) is 18.1 Å². The third-order valence-electron chi connectivity index (χ3n) is 6.24. The van der Waals surface area contributed by atoms with Crippen LogP contribution < -0.4 is 16.2 Å². The summed E-state index contributed by atoms with van der Waals surface area (Å²) in [5, 5.41) is 6.53. The summed E-state index contributed by atoms with van der Waals surface area (Å²) in [6.07, 6.45) is 19.1. The molecule has 4 rings (SSSR count). The molecular formula is C18H34N4. The van der Waals surface area contributed by atoms with Crippen LogP contribution >= 0.6 is 0 Å². The monoisotopic (exact) mass is 306 g/mol. The highest BCUT2D eigenvalue weighted by atomic mass is 15.8. The highest BCUT2D eigenvalue weighted by molar-refractivity contribution is 4.96. The predicted octanol–water partition coefficient (Wildman–Crippen LogP) is 3.21. The SMILES string of the molecule is C1CCC(NC2CC2)(N(NC2CCCC2)NC2CCC2)CC1. The lowest BCUT2D eigenvalue weighted by molar-refractivity contribution is -0.0915. The van der Waals surface area contributed by atoms with Gasteiger partial charge in [0.05, 0.1) is 0 Å². The molecule has 0 aromatic heterocycles. The molecule has 0 saturated heterocycles. The minimum absolute atomic E-state index is 0.164. The zero-order valence-electron chi connectivity index (χ0n) is 14.1. The van der Waals surface area contributed by atoms with Crippen LogP contribution in [0.3, 0.4) is 0 Å². The summed E-state index contributed by atoms with van der Waals surface area (Å²) in [7, 11) is 0. The van der Waals surface area contributed by atoms with Gasteiger partial charge in [0.25, 0.3) is 0 Å². The molecule has 4 saturated carbocycles. The minimum Gasteiger partial charge on any atom is -0.294 e. The van der Waals surface area contributed by atoms with E-state index in [0.717, 1.165) is 6.04 Å². The van der Waals surface area contributed by atoms with Gasteiger partial charge in [-0.2, -0.15) is 5.12 Å². The van der Waals surface area contributed by atoms with Crippen LogP contribution in [0.4, 0.5) is 0 Å². The van der Waals surface area contributed by atoms with Crippen LogP contribution in [0.15, 0.2) is 0 Å². The first-order valence-corrected chi connectivity index (χ1v) is 9.94. The number of rotatable bonds is 7. The number of hydrogen-bond acceptors (Lipinski definition) is 4. The van der Waals surface area contributed by atoms with E-state index >= 15 is 0 Å². The van der Waals surface area contributed by atoms with Gasteiger partial charge in [-0.15, -0.1) is 0 Å². The maximum absolute atomic E-state index is 4.03. The van der Waals surface area contributed by atoms with Crippen molar-refractivity contribution in [1.29, 1.82) is 0 Å². The van der Waals surface area contributed by atoms with Crippen molar-refractivity contribution < 1.29 is 0 Å². The van der Waals surface area contributed by atoms with Crippen molar-refractivity contribution in [2.75, 3.05) is 0 Å². The Morgan fingerprint density at radius 1 is 0.591 bits per heavy atom. The summed E-state index contributed by atoms with van der Waals surface area (Å²) >= 11 is 0. The van der Waals surface area contributed by atoms with Crippen molar-refractivity contribution in [3.8, 4) is 0 Å². The van der Waals surface area contributed by atoms with Gasteiger partial charge in [0.1, 0.15) is 5.66 Å². The smallest absolute Gasteiger partial charge is 0.100 e. The largest absolute Gasteiger partial charge is 0.294 e. The molecule has 0 radical (unpaired) electrons. The zero-order valence-corrected chi connectivity index (χ0v) is 14.1. The highest BCUT2D eigenvalue weighted by Gasteiger charge is 2.44. The van der Waals surface area contributed by atoms with Gasteiger partial charge in [-0.05, 0) is 51.4 Å². The van der Waals surface area contributed by atoms with Crippen LogP contribution in [0, 0.1) is 0 Å². The normalized spacial score (nSPS) is 29.9. The second-order valence-electron chi connectivity index (χ2n) is 8.21. The molecule has 0 bridgehead atoms. The fraction of sp³-hybridized carbons (Fsp3) is 1.00. The number of nitrogens with one attached hydrogen (secondary N) is 3. The second-order valence-corrected chi connectivity index (χ2v) is 8.21. The molecule has 3 N–H and O–H groups in total. The second kappa shape index (κ2) is 6.76. The molecule has 0 amide bonds. The fourth-order valence-corrected chi connectivity index (χ4v) is 4.42. The maximum atomic E-state index is 4.03. The molecule has 0 aliphatic heterocycles. The number of hydrazine groups is 2. The van der Waals surface area contributed by atoms with E-state index in [4.69, 9.17) is 0 Å². The van der Waals surface area contributed by atoms with E-state index in [0.29, 0.717) is 12.1 Å². The predicted molar refractivity (Wildman–Crippen MR) is 90.0 cm³/mol. The fourth-order valence-electron chi connectivity index (χ4n) is 4.42. The lowest BCUT2D eigenvalue weighted by Gasteiger charge is -2.50. The molecular weight excluding hydrogens is 272 g/mol. The average Bonchev–Trinajstić information content (AvgIpc) is 3.14. The van der Waals surface area contributed by atoms with Crippen molar-refractivity contribution in [1.82, 2.24) is 21.3 Å². The van der Waals surface area contributed by atoms with Crippen molar-refractivity contribution in [2.45, 2.75) is 114 Å². The molecule has 4 fully saturated rings. The molecule has 0 atom stereocenters. The lowest BCUT2D eigenvalue weighted by Crippen LogP contribution is -2.72. The van der Waals surface area contributed by atoms with E-state index in [2.05, 4.69) is 21.3 Å². The Morgan fingerprint density at radius 3 is 1.68 bits per heavy atom. The molecule has 4 heteroatoms. The molecule has 0 aromatic carbocycles. The molecule has 4 nitrogen and oxygen atoms in total. The summed E-state index contributed by atoms with van der Waals surface area (Å²) in [5.74, 6) is 0. The van der Waals surface area contributed by atoms with Crippen LogP contribution in [0.25, 0.3) is 0 Å². The topological polar surface area (TPSA) is 39.3 Å². The van der Waals surface area contributed by atoms with E-state index in [-0.39, 0.29) is 5.66 Å². The van der Waals surface area contributed by atoms with Gasteiger partial charge in [-0.25, -0.2) is 10.9 Å². The summed E-state index contributed by atoms with van der Waals surface area (Å²) in [5.41, 5.74) is 7.97. The zero-order chi connectivity index (χ0) is 14.8. The third kappa shape index (κ3) is 3.50.